The van der Waals surface area contributed by atoms with E-state index in [4.69, 9.17) is 31.3 Å². The molecule has 6 heteroatoms. The first kappa shape index (κ1) is 19.5. The summed E-state index contributed by atoms with van der Waals surface area (Å²) in [6.07, 6.45) is 2.15. The highest BCUT2D eigenvalue weighted by Gasteiger charge is 2.17. The first-order valence-corrected chi connectivity index (χ1v) is 10.7. The molecule has 2 aromatic heterocycles. The van der Waals surface area contributed by atoms with Gasteiger partial charge < -0.3 is 4.74 Å². The predicted octanol–water partition coefficient (Wildman–Crippen LogP) is 6.47. The summed E-state index contributed by atoms with van der Waals surface area (Å²) in [5.74, 6) is 1.62. The molecule has 3 aromatic carbocycles. The molecule has 0 N–H and O–H groups in total. The van der Waals surface area contributed by atoms with Gasteiger partial charge in [0.2, 0.25) is 0 Å². The number of aromatic nitrogens is 4. The standard InChI is InChI=1S/C25H21ClN4O/c1-2-3-16-31-20-14-12-19(13-15-20)30-24(17-8-10-18(26)11-9-17)29-23-25(30)28-22-7-5-4-6-21(22)27-23/h4-15H,2-3,16H2,1H3. The van der Waals surface area contributed by atoms with Crippen molar-refractivity contribution in [3.8, 4) is 22.8 Å². The van der Waals surface area contributed by atoms with Gasteiger partial charge in [-0.15, -0.1) is 0 Å². The number of nitrogens with zero attached hydrogens (tertiary/aromatic N) is 4. The second kappa shape index (κ2) is 8.36. The van der Waals surface area contributed by atoms with E-state index in [1.165, 1.54) is 0 Å². The molecule has 5 rings (SSSR count). The first-order chi connectivity index (χ1) is 15.2. The Hall–Kier alpha value is -3.44. The summed E-state index contributed by atoms with van der Waals surface area (Å²) in [4.78, 5) is 14.5. The number of ether oxygens (including phenoxy) is 1. The summed E-state index contributed by atoms with van der Waals surface area (Å²) in [6.45, 7) is 2.87. The smallest absolute Gasteiger partial charge is 0.199 e. The number of fused-ring (bicyclic) bond motifs is 2. The lowest BCUT2D eigenvalue weighted by atomic mass is 10.2. The number of para-hydroxylation sites is 2. The van der Waals surface area contributed by atoms with Crippen molar-refractivity contribution in [3.63, 3.8) is 0 Å². The Morgan fingerprint density at radius 2 is 1.55 bits per heavy atom. The Morgan fingerprint density at radius 1 is 0.839 bits per heavy atom. The molecule has 154 valence electrons. The molecule has 0 spiro atoms. The van der Waals surface area contributed by atoms with Crippen molar-refractivity contribution in [2.45, 2.75) is 19.8 Å². The highest BCUT2D eigenvalue weighted by Crippen LogP contribution is 2.29. The van der Waals surface area contributed by atoms with Crippen LogP contribution in [-0.4, -0.2) is 26.1 Å². The van der Waals surface area contributed by atoms with Crippen LogP contribution in [-0.2, 0) is 0 Å². The summed E-state index contributed by atoms with van der Waals surface area (Å²) in [5.41, 5.74) is 4.85. The van der Waals surface area contributed by atoms with Gasteiger partial charge in [0.05, 0.1) is 17.6 Å². The minimum atomic E-state index is 0.604. The highest BCUT2D eigenvalue weighted by molar-refractivity contribution is 6.30. The average molecular weight is 429 g/mol. The van der Waals surface area contributed by atoms with Gasteiger partial charge in [0.25, 0.3) is 0 Å². The number of hydrogen-bond acceptors (Lipinski definition) is 4. The Balaban J connectivity index is 1.67. The number of imidazole rings is 1. The van der Waals surface area contributed by atoms with Crippen LogP contribution in [0, 0.1) is 0 Å². The summed E-state index contributed by atoms with van der Waals surface area (Å²) in [5, 5.41) is 0.682. The lowest BCUT2D eigenvalue weighted by molar-refractivity contribution is 0.309. The molecule has 0 aliphatic carbocycles. The zero-order valence-corrected chi connectivity index (χ0v) is 17.9. The van der Waals surface area contributed by atoms with E-state index in [9.17, 15) is 0 Å². The van der Waals surface area contributed by atoms with Crippen molar-refractivity contribution < 1.29 is 4.74 Å². The maximum atomic E-state index is 6.11. The van der Waals surface area contributed by atoms with Crippen molar-refractivity contribution in [1.82, 2.24) is 19.5 Å². The average Bonchev–Trinajstić information content (AvgIpc) is 3.17. The Morgan fingerprint density at radius 3 is 2.26 bits per heavy atom. The molecule has 0 aliphatic rings. The maximum Gasteiger partial charge on any atom is 0.199 e. The number of benzene rings is 3. The van der Waals surface area contributed by atoms with Crippen LogP contribution >= 0.6 is 11.6 Å². The van der Waals surface area contributed by atoms with Crippen molar-refractivity contribution in [2.75, 3.05) is 6.61 Å². The lowest BCUT2D eigenvalue weighted by Gasteiger charge is -2.11. The molecule has 0 atom stereocenters. The third kappa shape index (κ3) is 3.84. The zero-order valence-electron chi connectivity index (χ0n) is 17.1. The van der Waals surface area contributed by atoms with E-state index in [-0.39, 0.29) is 0 Å². The molecule has 5 nitrogen and oxygen atoms in total. The van der Waals surface area contributed by atoms with Crippen LogP contribution in [0.3, 0.4) is 0 Å². The molecule has 0 bridgehead atoms. The van der Waals surface area contributed by atoms with E-state index in [1.54, 1.807) is 0 Å². The van der Waals surface area contributed by atoms with Gasteiger partial charge in [-0.2, -0.15) is 0 Å². The van der Waals surface area contributed by atoms with E-state index in [2.05, 4.69) is 6.92 Å². The minimum absolute atomic E-state index is 0.604. The van der Waals surface area contributed by atoms with Gasteiger partial charge in [-0.1, -0.05) is 37.1 Å². The van der Waals surface area contributed by atoms with E-state index in [0.717, 1.165) is 53.3 Å². The van der Waals surface area contributed by atoms with Crippen LogP contribution in [0.2, 0.25) is 5.02 Å². The fraction of sp³-hybridized carbons (Fsp3) is 0.160. The number of rotatable bonds is 6. The number of unbranched alkanes of at least 4 members (excludes halogenated alkanes) is 1. The van der Waals surface area contributed by atoms with Crippen molar-refractivity contribution in [3.05, 3.63) is 77.8 Å². The van der Waals surface area contributed by atoms with Crippen LogP contribution < -0.4 is 4.74 Å². The second-order valence-corrected chi connectivity index (χ2v) is 7.77. The van der Waals surface area contributed by atoms with Gasteiger partial charge in [-0.05, 0) is 67.1 Å². The Labute approximate surface area is 185 Å². The third-order valence-corrected chi connectivity index (χ3v) is 5.39. The molecule has 0 amide bonds. The molecular formula is C25H21ClN4O. The largest absolute Gasteiger partial charge is 0.494 e. The van der Waals surface area contributed by atoms with E-state index in [1.807, 2.05) is 77.4 Å². The van der Waals surface area contributed by atoms with Crippen LogP contribution in [0.5, 0.6) is 5.75 Å². The number of halogens is 1. The summed E-state index contributed by atoms with van der Waals surface area (Å²) < 4.78 is 7.86. The molecule has 0 radical (unpaired) electrons. The molecule has 0 saturated heterocycles. The molecule has 0 aliphatic heterocycles. The van der Waals surface area contributed by atoms with Crippen LogP contribution in [0.25, 0.3) is 39.4 Å². The monoisotopic (exact) mass is 428 g/mol. The minimum Gasteiger partial charge on any atom is -0.494 e. The Kier molecular flexibility index (Phi) is 5.26. The van der Waals surface area contributed by atoms with E-state index >= 15 is 0 Å². The van der Waals surface area contributed by atoms with Crippen molar-refractivity contribution in [1.29, 1.82) is 0 Å². The third-order valence-electron chi connectivity index (χ3n) is 5.13. The molecule has 0 saturated carbocycles. The molecule has 2 heterocycles. The quantitative estimate of drug-likeness (QED) is 0.291. The normalized spacial score (nSPS) is 11.3. The van der Waals surface area contributed by atoms with E-state index in [0.29, 0.717) is 16.3 Å². The van der Waals surface area contributed by atoms with Crippen LogP contribution in [0.15, 0.2) is 72.8 Å². The second-order valence-electron chi connectivity index (χ2n) is 7.33. The predicted molar refractivity (Wildman–Crippen MR) is 125 cm³/mol. The van der Waals surface area contributed by atoms with Crippen LogP contribution in [0.4, 0.5) is 0 Å². The van der Waals surface area contributed by atoms with Gasteiger partial charge in [0.15, 0.2) is 11.3 Å². The maximum absolute atomic E-state index is 6.11. The molecule has 5 aromatic rings. The van der Waals surface area contributed by atoms with Gasteiger partial charge in [-0.3, -0.25) is 4.57 Å². The van der Waals surface area contributed by atoms with Gasteiger partial charge in [0.1, 0.15) is 11.6 Å². The van der Waals surface area contributed by atoms with Gasteiger partial charge in [-0.25, -0.2) is 15.0 Å². The topological polar surface area (TPSA) is 52.8 Å². The first-order valence-electron chi connectivity index (χ1n) is 10.4. The number of hydrogen-bond donors (Lipinski definition) is 0. The fourth-order valence-electron chi connectivity index (χ4n) is 3.52. The molecule has 31 heavy (non-hydrogen) atoms. The van der Waals surface area contributed by atoms with Gasteiger partial charge in [0, 0.05) is 16.3 Å². The van der Waals surface area contributed by atoms with Gasteiger partial charge >= 0.3 is 0 Å². The fourth-order valence-corrected chi connectivity index (χ4v) is 3.65. The molecule has 0 fully saturated rings. The Bertz CT molecular complexity index is 1340. The molecule has 0 unspecified atom stereocenters. The van der Waals surface area contributed by atoms with Crippen molar-refractivity contribution in [2.24, 2.45) is 0 Å². The SMILES string of the molecule is CCCCOc1ccc(-n2c(-c3ccc(Cl)cc3)nc3nc4ccccc4nc32)cc1. The zero-order chi connectivity index (χ0) is 21.2. The summed E-state index contributed by atoms with van der Waals surface area (Å²) >= 11 is 6.11. The van der Waals surface area contributed by atoms with Crippen molar-refractivity contribution >= 4 is 33.9 Å². The highest BCUT2D eigenvalue weighted by atomic mass is 35.5. The molecular weight excluding hydrogens is 408 g/mol. The summed E-state index contributed by atoms with van der Waals surface area (Å²) in [6, 6.07) is 23.5. The lowest BCUT2D eigenvalue weighted by Crippen LogP contribution is -2.00. The van der Waals surface area contributed by atoms with Crippen LogP contribution in [0.1, 0.15) is 19.8 Å². The van der Waals surface area contributed by atoms with E-state index < -0.39 is 0 Å². The summed E-state index contributed by atoms with van der Waals surface area (Å²) in [7, 11) is 0.